The second-order valence-corrected chi connectivity index (χ2v) is 9.79. The van der Waals surface area contributed by atoms with Gasteiger partial charge in [0.1, 0.15) is 11.5 Å². The summed E-state index contributed by atoms with van der Waals surface area (Å²) in [5, 5.41) is 13.6. The lowest BCUT2D eigenvalue weighted by atomic mass is 10.2. The molecule has 0 saturated carbocycles. The average molecular weight is 583 g/mol. The summed E-state index contributed by atoms with van der Waals surface area (Å²) in [6.07, 6.45) is 1.39. The van der Waals surface area contributed by atoms with Crippen LogP contribution < -0.4 is 14.9 Å². The van der Waals surface area contributed by atoms with Crippen molar-refractivity contribution in [1.82, 2.24) is 5.43 Å². The van der Waals surface area contributed by atoms with Crippen LogP contribution in [0.5, 0.6) is 11.5 Å². The molecule has 32 heavy (non-hydrogen) atoms. The zero-order valence-corrected chi connectivity index (χ0v) is 20.5. The zero-order valence-electron chi connectivity index (χ0n) is 16.5. The largest absolute Gasteiger partial charge is 0.506 e. The first-order valence-corrected chi connectivity index (χ1v) is 12.0. The second-order valence-electron chi connectivity index (χ2n) is 6.39. The Labute approximate surface area is 201 Å². The summed E-state index contributed by atoms with van der Waals surface area (Å²) in [6.45, 7) is 0. The molecule has 1 amide bonds. The zero-order chi connectivity index (χ0) is 23.3. The first kappa shape index (κ1) is 23.8. The molecule has 0 aliphatic heterocycles. The van der Waals surface area contributed by atoms with E-state index in [1.165, 1.54) is 37.6 Å². The molecule has 0 fully saturated rings. The number of hydrogen-bond donors (Lipinski definition) is 3. The molecule has 11 heteroatoms. The molecule has 0 aliphatic rings. The van der Waals surface area contributed by atoms with Crippen LogP contribution in [0.3, 0.4) is 0 Å². The Balaban J connectivity index is 1.72. The number of benzene rings is 3. The highest BCUT2D eigenvalue weighted by atomic mass is 79.9. The van der Waals surface area contributed by atoms with Gasteiger partial charge in [0.05, 0.1) is 27.2 Å². The topological polar surface area (TPSA) is 117 Å². The number of aromatic hydroxyl groups is 1. The van der Waals surface area contributed by atoms with E-state index in [1.54, 1.807) is 36.4 Å². The van der Waals surface area contributed by atoms with Gasteiger partial charge in [0, 0.05) is 11.3 Å². The number of halogens is 2. The van der Waals surface area contributed by atoms with E-state index >= 15 is 0 Å². The Morgan fingerprint density at radius 2 is 1.72 bits per heavy atom. The van der Waals surface area contributed by atoms with Crippen LogP contribution in [0.15, 0.2) is 79.6 Å². The summed E-state index contributed by atoms with van der Waals surface area (Å²) in [7, 11) is -2.39. The summed E-state index contributed by atoms with van der Waals surface area (Å²) in [6, 6.07) is 15.2. The standard InChI is InChI=1S/C21H17Br2N3O5S/c1-31-16-7-5-15(6-8-16)26-32(29,30)17-4-2-3-14(11-17)21(28)25-24-12-13-9-18(22)20(27)19(23)10-13/h2-12,26-27H,1H3,(H,25,28)/b24-12+. The minimum Gasteiger partial charge on any atom is -0.506 e. The molecule has 0 heterocycles. The molecular formula is C21H17Br2N3O5S. The second kappa shape index (κ2) is 10.2. The number of hydrazone groups is 1. The minimum absolute atomic E-state index is 0.0486. The molecule has 0 saturated heterocycles. The number of carbonyl (C=O) groups is 1. The molecule has 3 rings (SSSR count). The lowest BCUT2D eigenvalue weighted by molar-refractivity contribution is 0.0955. The van der Waals surface area contributed by atoms with Crippen LogP contribution in [-0.2, 0) is 10.0 Å². The van der Waals surface area contributed by atoms with Crippen LogP contribution >= 0.6 is 31.9 Å². The molecule has 0 aromatic heterocycles. The molecule has 0 unspecified atom stereocenters. The number of nitrogens with zero attached hydrogens (tertiary/aromatic N) is 1. The van der Waals surface area contributed by atoms with Gasteiger partial charge in [0.25, 0.3) is 15.9 Å². The van der Waals surface area contributed by atoms with Gasteiger partial charge in [-0.15, -0.1) is 0 Å². The molecule has 3 N–H and O–H groups in total. The number of hydrogen-bond acceptors (Lipinski definition) is 6. The van der Waals surface area contributed by atoms with Gasteiger partial charge in [0.15, 0.2) is 0 Å². The molecule has 8 nitrogen and oxygen atoms in total. The van der Waals surface area contributed by atoms with E-state index < -0.39 is 15.9 Å². The molecule has 3 aromatic carbocycles. The number of methoxy groups -OCH3 is 1. The maximum atomic E-state index is 12.7. The van der Waals surface area contributed by atoms with E-state index in [9.17, 15) is 18.3 Å². The van der Waals surface area contributed by atoms with Crippen molar-refractivity contribution >= 4 is 59.7 Å². The molecule has 0 aliphatic carbocycles. The smallest absolute Gasteiger partial charge is 0.271 e. The number of amides is 1. The van der Waals surface area contributed by atoms with Crippen molar-refractivity contribution in [3.63, 3.8) is 0 Å². The summed E-state index contributed by atoms with van der Waals surface area (Å²) < 4.78 is 33.8. The Morgan fingerprint density at radius 1 is 1.06 bits per heavy atom. The van der Waals surface area contributed by atoms with Gasteiger partial charge in [-0.1, -0.05) is 6.07 Å². The summed E-state index contributed by atoms with van der Waals surface area (Å²) >= 11 is 6.43. The molecule has 3 aromatic rings. The minimum atomic E-state index is -3.91. The Kier molecular flexibility index (Phi) is 7.54. The highest BCUT2D eigenvalue weighted by Crippen LogP contribution is 2.32. The van der Waals surface area contributed by atoms with Gasteiger partial charge in [-0.3, -0.25) is 9.52 Å². The van der Waals surface area contributed by atoms with Crippen LogP contribution in [0.25, 0.3) is 0 Å². The Hall–Kier alpha value is -2.89. The van der Waals surface area contributed by atoms with Crippen LogP contribution in [-0.4, -0.2) is 32.8 Å². The van der Waals surface area contributed by atoms with Gasteiger partial charge in [-0.05, 0) is 92.0 Å². The lowest BCUT2D eigenvalue weighted by Crippen LogP contribution is -2.19. The SMILES string of the molecule is COc1ccc(NS(=O)(=O)c2cccc(C(=O)N/N=C/c3cc(Br)c(O)c(Br)c3)c2)cc1. The van der Waals surface area contributed by atoms with Crippen LogP contribution in [0, 0.1) is 0 Å². The fourth-order valence-corrected chi connectivity index (χ4v) is 4.89. The van der Waals surface area contributed by atoms with E-state index in [4.69, 9.17) is 4.74 Å². The number of sulfonamides is 1. The monoisotopic (exact) mass is 581 g/mol. The van der Waals surface area contributed by atoms with Gasteiger partial charge >= 0.3 is 0 Å². The van der Waals surface area contributed by atoms with Gasteiger partial charge in [0.2, 0.25) is 0 Å². The highest BCUT2D eigenvalue weighted by molar-refractivity contribution is 9.11. The molecule has 0 bridgehead atoms. The quantitative estimate of drug-likeness (QED) is 0.280. The van der Waals surface area contributed by atoms with Gasteiger partial charge < -0.3 is 9.84 Å². The Bertz CT molecular complexity index is 1260. The van der Waals surface area contributed by atoms with Crippen molar-refractivity contribution in [2.24, 2.45) is 5.10 Å². The first-order chi connectivity index (χ1) is 15.2. The summed E-state index contributed by atoms with van der Waals surface area (Å²) in [4.78, 5) is 12.3. The fraction of sp³-hybridized carbons (Fsp3) is 0.0476. The number of anilines is 1. The van der Waals surface area contributed by atoms with E-state index in [0.717, 1.165) is 0 Å². The number of rotatable bonds is 7. The van der Waals surface area contributed by atoms with Crippen molar-refractivity contribution in [1.29, 1.82) is 0 Å². The average Bonchev–Trinajstić information content (AvgIpc) is 2.77. The van der Waals surface area contributed by atoms with E-state index in [-0.39, 0.29) is 16.2 Å². The third-order valence-corrected chi connectivity index (χ3v) is 6.76. The fourth-order valence-electron chi connectivity index (χ4n) is 2.57. The number of phenolic OH excluding ortho intramolecular Hbond substituents is 1. The third kappa shape index (κ3) is 5.87. The number of ether oxygens (including phenoxy) is 1. The van der Waals surface area contributed by atoms with Crippen molar-refractivity contribution in [2.75, 3.05) is 11.8 Å². The van der Waals surface area contributed by atoms with E-state index in [1.807, 2.05) is 0 Å². The molecule has 166 valence electrons. The Morgan fingerprint density at radius 3 is 2.34 bits per heavy atom. The first-order valence-electron chi connectivity index (χ1n) is 8.98. The van der Waals surface area contributed by atoms with E-state index in [2.05, 4.69) is 47.1 Å². The van der Waals surface area contributed by atoms with Gasteiger partial charge in [-0.2, -0.15) is 5.10 Å². The predicted molar refractivity (Wildman–Crippen MR) is 129 cm³/mol. The van der Waals surface area contributed by atoms with Crippen molar-refractivity contribution in [3.05, 3.63) is 80.7 Å². The van der Waals surface area contributed by atoms with Crippen LogP contribution in [0.1, 0.15) is 15.9 Å². The van der Waals surface area contributed by atoms with E-state index in [0.29, 0.717) is 25.9 Å². The maximum Gasteiger partial charge on any atom is 0.271 e. The van der Waals surface area contributed by atoms with Crippen LogP contribution in [0.4, 0.5) is 5.69 Å². The number of carbonyl (C=O) groups excluding carboxylic acids is 1. The normalized spacial score (nSPS) is 11.3. The molecular weight excluding hydrogens is 566 g/mol. The third-order valence-electron chi connectivity index (χ3n) is 4.17. The highest BCUT2D eigenvalue weighted by Gasteiger charge is 2.16. The predicted octanol–water partition coefficient (Wildman–Crippen LogP) is 4.49. The van der Waals surface area contributed by atoms with Crippen molar-refractivity contribution in [3.8, 4) is 11.5 Å². The van der Waals surface area contributed by atoms with Crippen molar-refractivity contribution < 1.29 is 23.1 Å². The number of nitrogens with one attached hydrogen (secondary N) is 2. The molecule has 0 atom stereocenters. The summed E-state index contributed by atoms with van der Waals surface area (Å²) in [5.74, 6) is 0.0614. The number of phenols is 1. The maximum absolute atomic E-state index is 12.7. The summed E-state index contributed by atoms with van der Waals surface area (Å²) in [5.41, 5.74) is 3.44. The molecule has 0 radical (unpaired) electrons. The lowest BCUT2D eigenvalue weighted by Gasteiger charge is -2.10. The molecule has 0 spiro atoms. The van der Waals surface area contributed by atoms with Crippen LogP contribution in [0.2, 0.25) is 0 Å². The van der Waals surface area contributed by atoms with Crippen molar-refractivity contribution in [2.45, 2.75) is 4.90 Å². The van der Waals surface area contributed by atoms with Gasteiger partial charge in [-0.25, -0.2) is 13.8 Å².